The summed E-state index contributed by atoms with van der Waals surface area (Å²) in [4.78, 5) is 4.83. The minimum atomic E-state index is 0.580. The van der Waals surface area contributed by atoms with E-state index in [1.54, 1.807) is 0 Å². The minimum Gasteiger partial charge on any atom is -0.387 e. The Kier molecular flexibility index (Phi) is 3.62. The van der Waals surface area contributed by atoms with Gasteiger partial charge in [-0.3, -0.25) is 4.98 Å². The molecule has 0 aliphatic carbocycles. The van der Waals surface area contributed by atoms with E-state index in [1.807, 2.05) is 7.05 Å². The average molecular weight is 270 g/mol. The first-order chi connectivity index (χ1) is 9.74. The van der Waals surface area contributed by atoms with Gasteiger partial charge in [-0.25, -0.2) is 0 Å². The summed E-state index contributed by atoms with van der Waals surface area (Å²) < 4.78 is 5.61. The molecule has 106 valence electrons. The van der Waals surface area contributed by atoms with Crippen LogP contribution in [0, 0.1) is 0 Å². The first kappa shape index (κ1) is 13.4. The van der Waals surface area contributed by atoms with Crippen molar-refractivity contribution < 1.29 is 4.74 Å². The lowest BCUT2D eigenvalue weighted by atomic mass is 9.95. The van der Waals surface area contributed by atoms with Crippen LogP contribution in [0.1, 0.15) is 43.0 Å². The molecule has 0 amide bonds. The van der Waals surface area contributed by atoms with E-state index < -0.39 is 0 Å². The molecule has 1 aromatic carbocycles. The lowest BCUT2D eigenvalue weighted by molar-refractivity contribution is 0.110. The van der Waals surface area contributed by atoms with E-state index in [1.165, 1.54) is 27.9 Å². The summed E-state index contributed by atoms with van der Waals surface area (Å²) in [6.45, 7) is 5.95. The van der Waals surface area contributed by atoms with Gasteiger partial charge in [0, 0.05) is 24.4 Å². The number of rotatable bonds is 3. The number of hydrogen-bond donors (Lipinski definition) is 1. The van der Waals surface area contributed by atoms with Crippen LogP contribution in [-0.2, 0) is 17.8 Å². The molecule has 1 unspecified atom stereocenters. The Hall–Kier alpha value is -1.61. The van der Waals surface area contributed by atoms with Gasteiger partial charge < -0.3 is 10.1 Å². The molecule has 1 N–H and O–H groups in total. The Morgan fingerprint density at radius 3 is 3.00 bits per heavy atom. The van der Waals surface area contributed by atoms with Crippen LogP contribution in [0.5, 0.6) is 0 Å². The van der Waals surface area contributed by atoms with Gasteiger partial charge in [-0.1, -0.05) is 19.9 Å². The Labute approximate surface area is 120 Å². The zero-order valence-corrected chi connectivity index (χ0v) is 12.5. The highest BCUT2D eigenvalue weighted by Gasteiger charge is 2.18. The van der Waals surface area contributed by atoms with Gasteiger partial charge in [-0.15, -0.1) is 0 Å². The summed E-state index contributed by atoms with van der Waals surface area (Å²) in [5.41, 5.74) is 6.07. The highest BCUT2D eigenvalue weighted by Crippen LogP contribution is 2.33. The van der Waals surface area contributed by atoms with E-state index in [9.17, 15) is 0 Å². The van der Waals surface area contributed by atoms with Crippen LogP contribution < -0.4 is 5.32 Å². The van der Waals surface area contributed by atoms with Crippen molar-refractivity contribution in [1.29, 1.82) is 0 Å². The molecule has 1 aromatic heterocycles. The number of pyridine rings is 1. The van der Waals surface area contributed by atoms with E-state index in [2.05, 4.69) is 37.4 Å². The molecule has 3 heteroatoms. The van der Waals surface area contributed by atoms with E-state index in [0.29, 0.717) is 12.5 Å². The SMILES string of the molecule is CCC(C)c1ccc2nc3c(c(NC)c2c1)COCC3. The van der Waals surface area contributed by atoms with Crippen molar-refractivity contribution in [2.24, 2.45) is 0 Å². The summed E-state index contributed by atoms with van der Waals surface area (Å²) >= 11 is 0. The van der Waals surface area contributed by atoms with E-state index in [-0.39, 0.29) is 0 Å². The number of nitrogens with one attached hydrogen (secondary N) is 1. The van der Waals surface area contributed by atoms with Gasteiger partial charge in [0.25, 0.3) is 0 Å². The van der Waals surface area contributed by atoms with Crippen molar-refractivity contribution in [3.05, 3.63) is 35.0 Å². The van der Waals surface area contributed by atoms with Gasteiger partial charge in [0.1, 0.15) is 0 Å². The number of benzene rings is 1. The zero-order chi connectivity index (χ0) is 14.1. The number of nitrogens with zero attached hydrogens (tertiary/aromatic N) is 1. The highest BCUT2D eigenvalue weighted by molar-refractivity contribution is 5.94. The Morgan fingerprint density at radius 2 is 2.25 bits per heavy atom. The van der Waals surface area contributed by atoms with Crippen molar-refractivity contribution >= 4 is 16.6 Å². The second kappa shape index (κ2) is 5.41. The molecule has 20 heavy (non-hydrogen) atoms. The van der Waals surface area contributed by atoms with Crippen LogP contribution in [0.4, 0.5) is 5.69 Å². The van der Waals surface area contributed by atoms with Crippen molar-refractivity contribution in [2.75, 3.05) is 19.0 Å². The summed E-state index contributed by atoms with van der Waals surface area (Å²) in [5.74, 6) is 0.580. The Bertz CT molecular complexity index is 636. The van der Waals surface area contributed by atoms with E-state index >= 15 is 0 Å². The Morgan fingerprint density at radius 1 is 1.40 bits per heavy atom. The van der Waals surface area contributed by atoms with Crippen molar-refractivity contribution in [3.63, 3.8) is 0 Å². The summed E-state index contributed by atoms with van der Waals surface area (Å²) in [6, 6.07) is 6.67. The van der Waals surface area contributed by atoms with Crippen LogP contribution >= 0.6 is 0 Å². The van der Waals surface area contributed by atoms with Crippen molar-refractivity contribution in [2.45, 2.75) is 39.2 Å². The number of aromatic nitrogens is 1. The highest BCUT2D eigenvalue weighted by atomic mass is 16.5. The molecule has 0 radical (unpaired) electrons. The number of fused-ring (bicyclic) bond motifs is 2. The monoisotopic (exact) mass is 270 g/mol. The van der Waals surface area contributed by atoms with Crippen LogP contribution in [-0.4, -0.2) is 18.6 Å². The van der Waals surface area contributed by atoms with Crippen LogP contribution in [0.2, 0.25) is 0 Å². The van der Waals surface area contributed by atoms with Gasteiger partial charge in [0.05, 0.1) is 30.1 Å². The molecule has 1 aliphatic rings. The lowest BCUT2D eigenvalue weighted by Crippen LogP contribution is -2.14. The van der Waals surface area contributed by atoms with Gasteiger partial charge in [0.15, 0.2) is 0 Å². The predicted molar refractivity (Wildman–Crippen MR) is 83.4 cm³/mol. The minimum absolute atomic E-state index is 0.580. The van der Waals surface area contributed by atoms with Crippen molar-refractivity contribution in [3.8, 4) is 0 Å². The maximum atomic E-state index is 5.61. The third-order valence-corrected chi connectivity index (χ3v) is 4.36. The first-order valence-corrected chi connectivity index (χ1v) is 7.45. The van der Waals surface area contributed by atoms with E-state index in [4.69, 9.17) is 9.72 Å². The van der Waals surface area contributed by atoms with Gasteiger partial charge >= 0.3 is 0 Å². The number of anilines is 1. The molecule has 0 saturated heterocycles. The molecule has 3 nitrogen and oxygen atoms in total. The molecule has 0 saturated carbocycles. The second-order valence-corrected chi connectivity index (χ2v) is 5.55. The molecule has 3 rings (SSSR count). The molecule has 1 aliphatic heterocycles. The molecule has 0 fully saturated rings. The molecule has 0 spiro atoms. The lowest BCUT2D eigenvalue weighted by Gasteiger charge is -2.21. The molecular weight excluding hydrogens is 248 g/mol. The van der Waals surface area contributed by atoms with Crippen molar-refractivity contribution in [1.82, 2.24) is 4.98 Å². The molecule has 0 bridgehead atoms. The normalized spacial score (nSPS) is 15.9. The zero-order valence-electron chi connectivity index (χ0n) is 12.5. The van der Waals surface area contributed by atoms with Crippen LogP contribution in [0.3, 0.4) is 0 Å². The maximum Gasteiger partial charge on any atom is 0.0755 e. The topological polar surface area (TPSA) is 34.2 Å². The third kappa shape index (κ3) is 2.16. The molecule has 1 atom stereocenters. The van der Waals surface area contributed by atoms with Gasteiger partial charge in [0.2, 0.25) is 0 Å². The molecule has 2 aromatic rings. The quantitative estimate of drug-likeness (QED) is 0.919. The fourth-order valence-electron chi connectivity index (χ4n) is 2.90. The van der Waals surface area contributed by atoms with Gasteiger partial charge in [-0.05, 0) is 30.0 Å². The molecule has 2 heterocycles. The maximum absolute atomic E-state index is 5.61. The average Bonchev–Trinajstić information content (AvgIpc) is 2.51. The molecular formula is C17H22N2O. The third-order valence-electron chi connectivity index (χ3n) is 4.36. The first-order valence-electron chi connectivity index (χ1n) is 7.45. The summed E-state index contributed by atoms with van der Waals surface area (Å²) in [6.07, 6.45) is 2.06. The predicted octanol–water partition coefficient (Wildman–Crippen LogP) is 3.86. The smallest absolute Gasteiger partial charge is 0.0755 e. The van der Waals surface area contributed by atoms with E-state index in [0.717, 1.165) is 25.0 Å². The second-order valence-electron chi connectivity index (χ2n) is 5.55. The summed E-state index contributed by atoms with van der Waals surface area (Å²) in [7, 11) is 1.99. The standard InChI is InChI=1S/C17H22N2O/c1-4-11(2)12-5-6-15-13(9-12)17(18-3)14-10-20-8-7-16(14)19-15/h5-6,9,11H,4,7-8,10H2,1-3H3,(H,18,19). The van der Waals surface area contributed by atoms with Crippen LogP contribution in [0.25, 0.3) is 10.9 Å². The van der Waals surface area contributed by atoms with Gasteiger partial charge in [-0.2, -0.15) is 0 Å². The largest absolute Gasteiger partial charge is 0.387 e. The van der Waals surface area contributed by atoms with Crippen LogP contribution in [0.15, 0.2) is 18.2 Å². The fraction of sp³-hybridized carbons (Fsp3) is 0.471. The number of hydrogen-bond acceptors (Lipinski definition) is 3. The summed E-state index contributed by atoms with van der Waals surface area (Å²) in [5, 5.41) is 4.58. The number of ether oxygens (including phenoxy) is 1. The fourth-order valence-corrected chi connectivity index (χ4v) is 2.90. The Balaban J connectivity index is 2.22.